The Morgan fingerprint density at radius 1 is 1.03 bits per heavy atom. The Morgan fingerprint density at radius 2 is 1.78 bits per heavy atom. The van der Waals surface area contributed by atoms with Crippen LogP contribution in [0.15, 0.2) is 30.5 Å². The number of rotatable bonds is 10. The molecular formula is C45H58F2N6O5. The van der Waals surface area contributed by atoms with Crippen molar-refractivity contribution in [2.75, 3.05) is 51.6 Å². The maximum Gasteiger partial charge on any atom is 0.408 e. The summed E-state index contributed by atoms with van der Waals surface area (Å²) in [5.41, 5.74) is -0.537. The van der Waals surface area contributed by atoms with Crippen LogP contribution in [0.4, 0.5) is 19.4 Å². The first-order valence-electron chi connectivity index (χ1n) is 20.9. The van der Waals surface area contributed by atoms with Gasteiger partial charge in [0, 0.05) is 49.0 Å². The van der Waals surface area contributed by atoms with Crippen LogP contribution < -0.4 is 14.4 Å². The van der Waals surface area contributed by atoms with E-state index in [1.54, 1.807) is 29.3 Å². The summed E-state index contributed by atoms with van der Waals surface area (Å²) >= 11 is 0. The largest absolute Gasteiger partial charge is 0.468 e. The van der Waals surface area contributed by atoms with Crippen LogP contribution in [0.2, 0.25) is 0 Å². The highest BCUT2D eigenvalue weighted by Gasteiger charge is 2.62. The van der Waals surface area contributed by atoms with Gasteiger partial charge in [0.1, 0.15) is 35.2 Å². The molecule has 58 heavy (non-hydrogen) atoms. The van der Waals surface area contributed by atoms with Gasteiger partial charge in [-0.25, -0.2) is 13.6 Å². The second-order valence-corrected chi connectivity index (χ2v) is 19.1. The van der Waals surface area contributed by atoms with Crippen LogP contribution in [0.25, 0.3) is 32.9 Å². The maximum atomic E-state index is 17.6. The van der Waals surface area contributed by atoms with Crippen molar-refractivity contribution < 1.29 is 32.9 Å². The molecule has 13 heteroatoms. The Morgan fingerprint density at radius 3 is 2.43 bits per heavy atom. The van der Waals surface area contributed by atoms with E-state index in [4.69, 9.17) is 29.2 Å². The fourth-order valence-electron chi connectivity index (χ4n) is 11.2. The van der Waals surface area contributed by atoms with Crippen LogP contribution >= 0.6 is 0 Å². The van der Waals surface area contributed by atoms with E-state index >= 15 is 8.78 Å². The van der Waals surface area contributed by atoms with Crippen molar-refractivity contribution in [3.63, 3.8) is 0 Å². The van der Waals surface area contributed by atoms with E-state index in [1.807, 2.05) is 27.7 Å². The summed E-state index contributed by atoms with van der Waals surface area (Å²) in [5, 5.41) is 12.4. The van der Waals surface area contributed by atoms with Gasteiger partial charge in [-0.05, 0) is 125 Å². The SMILES string of the molecule is CCc1c(F)ccc2cc(OCOC)cc(-c3ncc4c(N5C[C@@H]6CC[C@@](C(C)(C)C)(C5)[C@H]6N(C(=O)O)C(C)(C)C)nc(OCC56CCCN5CCC6)nc4c3F)c12. The zero-order valence-corrected chi connectivity index (χ0v) is 35.3. The van der Waals surface area contributed by atoms with Crippen LogP contribution in [0.3, 0.4) is 0 Å². The molecule has 2 aromatic heterocycles. The monoisotopic (exact) mass is 800 g/mol. The fraction of sp³-hybridized carbons (Fsp3) is 0.600. The molecule has 1 N–H and O–H groups in total. The molecular weight excluding hydrogens is 743 g/mol. The number of carboxylic acid groups (broad SMARTS) is 1. The molecule has 2 bridgehead atoms. The first kappa shape index (κ1) is 40.4. The number of amides is 1. The molecule has 4 aliphatic rings. The number of methoxy groups -OCH3 is 1. The third kappa shape index (κ3) is 6.60. The molecule has 11 nitrogen and oxygen atoms in total. The summed E-state index contributed by atoms with van der Waals surface area (Å²) in [4.78, 5) is 34.1. The Labute approximate surface area is 340 Å². The van der Waals surface area contributed by atoms with E-state index in [0.29, 0.717) is 65.0 Å². The minimum Gasteiger partial charge on any atom is -0.468 e. The van der Waals surface area contributed by atoms with Gasteiger partial charge in [0.15, 0.2) is 12.6 Å². The molecule has 4 fully saturated rings. The molecule has 3 saturated heterocycles. The van der Waals surface area contributed by atoms with Crippen LogP contribution in [0.1, 0.15) is 92.6 Å². The Hall–Kier alpha value is -4.36. The smallest absolute Gasteiger partial charge is 0.408 e. The van der Waals surface area contributed by atoms with Crippen molar-refractivity contribution >= 4 is 33.6 Å². The van der Waals surface area contributed by atoms with E-state index in [9.17, 15) is 9.90 Å². The van der Waals surface area contributed by atoms with Gasteiger partial charge in [0.2, 0.25) is 0 Å². The van der Waals surface area contributed by atoms with Crippen molar-refractivity contribution in [2.45, 2.75) is 111 Å². The second kappa shape index (κ2) is 14.7. The van der Waals surface area contributed by atoms with Crippen molar-refractivity contribution in [3.05, 3.63) is 47.7 Å². The van der Waals surface area contributed by atoms with Gasteiger partial charge < -0.3 is 24.2 Å². The predicted molar refractivity (Wildman–Crippen MR) is 221 cm³/mol. The van der Waals surface area contributed by atoms with Crippen molar-refractivity contribution in [2.24, 2.45) is 16.7 Å². The van der Waals surface area contributed by atoms with Crippen molar-refractivity contribution in [3.8, 4) is 23.0 Å². The first-order chi connectivity index (χ1) is 27.5. The van der Waals surface area contributed by atoms with Gasteiger partial charge in [0.05, 0.1) is 10.9 Å². The average Bonchev–Trinajstić information content (AvgIpc) is 3.81. The lowest BCUT2D eigenvalue weighted by molar-refractivity contribution is -0.0479. The van der Waals surface area contributed by atoms with Crippen molar-refractivity contribution in [1.29, 1.82) is 0 Å². The number of pyridine rings is 1. The second-order valence-electron chi connectivity index (χ2n) is 19.1. The normalized spacial score (nSPS) is 23.2. The zero-order chi connectivity index (χ0) is 41.4. The van der Waals surface area contributed by atoms with E-state index in [2.05, 4.69) is 30.6 Å². The molecule has 2 aromatic carbocycles. The maximum absolute atomic E-state index is 17.6. The van der Waals surface area contributed by atoms with E-state index in [1.165, 1.54) is 13.2 Å². The molecule has 0 unspecified atom stereocenters. The summed E-state index contributed by atoms with van der Waals surface area (Å²) in [5.74, 6) is -0.0986. The van der Waals surface area contributed by atoms with Crippen LogP contribution in [0.5, 0.6) is 11.8 Å². The lowest BCUT2D eigenvalue weighted by Gasteiger charge is -2.58. The van der Waals surface area contributed by atoms with Gasteiger partial charge in [-0.3, -0.25) is 14.8 Å². The lowest BCUT2D eigenvalue weighted by Crippen LogP contribution is -2.67. The lowest BCUT2D eigenvalue weighted by atomic mass is 9.60. The topological polar surface area (TPSA) is 113 Å². The molecule has 0 radical (unpaired) electrons. The van der Waals surface area contributed by atoms with Crippen LogP contribution in [-0.4, -0.2) is 99.8 Å². The number of aromatic nitrogens is 3. The number of aryl methyl sites for hydroxylation is 1. The molecule has 312 valence electrons. The Kier molecular flexibility index (Phi) is 10.3. The number of ether oxygens (including phenoxy) is 3. The number of anilines is 1. The molecule has 1 saturated carbocycles. The Balaban J connectivity index is 1.30. The third-order valence-electron chi connectivity index (χ3n) is 13.9. The fourth-order valence-corrected chi connectivity index (χ4v) is 11.2. The van der Waals surface area contributed by atoms with E-state index < -0.39 is 22.9 Å². The van der Waals surface area contributed by atoms with Crippen LogP contribution in [-0.2, 0) is 11.2 Å². The average molecular weight is 801 g/mol. The summed E-state index contributed by atoms with van der Waals surface area (Å²) < 4.78 is 50.6. The number of hydrogen-bond acceptors (Lipinski definition) is 9. The highest BCUT2D eigenvalue weighted by atomic mass is 19.1. The molecule has 8 rings (SSSR count). The summed E-state index contributed by atoms with van der Waals surface area (Å²) in [6, 6.07) is 6.44. The molecule has 0 spiro atoms. The number of benzene rings is 2. The number of fused-ring (bicyclic) bond motifs is 5. The molecule has 3 aliphatic heterocycles. The van der Waals surface area contributed by atoms with Gasteiger partial charge in [0.25, 0.3) is 0 Å². The van der Waals surface area contributed by atoms with Gasteiger partial charge in [-0.1, -0.05) is 33.8 Å². The molecule has 1 amide bonds. The standard InChI is InChI=1S/C45H58F2N6O5/c1-9-30-33(46)13-12-27-20-29(58-26-56-8)21-31(34(27)30)36-35(47)37-32(22-48-36)39(50-40(49-37)57-25-44-15-10-18-52(44)19-11-16-44)51-23-28-14-17-45(24-51,42(2,3)4)38(28)53(41(54)55)43(5,6)7/h12-13,20-22,28,38H,9-11,14-19,23-26H2,1-8H3,(H,54,55)/t28-,38-,45+/m0/s1. The quantitative estimate of drug-likeness (QED) is 0.156. The highest BCUT2D eigenvalue weighted by molar-refractivity contribution is 6.02. The number of hydrogen-bond donors (Lipinski definition) is 1. The van der Waals surface area contributed by atoms with Crippen LogP contribution in [0, 0.1) is 28.4 Å². The van der Waals surface area contributed by atoms with Gasteiger partial charge >= 0.3 is 12.1 Å². The third-order valence-corrected chi connectivity index (χ3v) is 13.9. The minimum atomic E-state index is -0.920. The summed E-state index contributed by atoms with van der Waals surface area (Å²) in [7, 11) is 1.52. The molecule has 1 aliphatic carbocycles. The van der Waals surface area contributed by atoms with Gasteiger partial charge in [-0.15, -0.1) is 0 Å². The first-order valence-corrected chi connectivity index (χ1v) is 20.9. The number of carbonyl (C=O) groups is 1. The summed E-state index contributed by atoms with van der Waals surface area (Å²) in [6.45, 7) is 17.8. The summed E-state index contributed by atoms with van der Waals surface area (Å²) in [6.07, 6.45) is 7.03. The number of piperidine rings is 1. The molecule has 4 aromatic rings. The van der Waals surface area contributed by atoms with Crippen molar-refractivity contribution in [1.82, 2.24) is 24.8 Å². The Bertz CT molecular complexity index is 2230. The van der Waals surface area contributed by atoms with E-state index in [-0.39, 0.29) is 52.7 Å². The zero-order valence-electron chi connectivity index (χ0n) is 35.3. The minimum absolute atomic E-state index is 0.00255. The molecule has 5 heterocycles. The molecule has 3 atom stereocenters. The van der Waals surface area contributed by atoms with E-state index in [0.717, 1.165) is 51.6 Å². The number of nitrogens with zero attached hydrogens (tertiary/aromatic N) is 6. The highest BCUT2D eigenvalue weighted by Crippen LogP contribution is 2.59. The number of halogens is 2. The predicted octanol–water partition coefficient (Wildman–Crippen LogP) is 9.09. The van der Waals surface area contributed by atoms with Gasteiger partial charge in [-0.2, -0.15) is 9.97 Å².